The second kappa shape index (κ2) is 20.0. The van der Waals surface area contributed by atoms with E-state index in [1.807, 2.05) is 59.9 Å². The third-order valence-electron chi connectivity index (χ3n) is 5.48. The van der Waals surface area contributed by atoms with Crippen molar-refractivity contribution in [1.82, 2.24) is 0 Å². The molecule has 0 rings (SSSR count). The van der Waals surface area contributed by atoms with Crippen LogP contribution in [0, 0.1) is 0 Å². The predicted octanol–water partition coefficient (Wildman–Crippen LogP) is 5.24. The van der Waals surface area contributed by atoms with Gasteiger partial charge in [0.15, 0.2) is 0 Å². The van der Waals surface area contributed by atoms with Gasteiger partial charge in [-0.2, -0.15) is 0 Å². The number of ether oxygens (including phenoxy) is 4. The SMILES string of the molecule is CCC[SiH2]C(CCCCSSSCCCCC(OC)(OC)[SiH2]CCC)(OC)OC. The summed E-state index contributed by atoms with van der Waals surface area (Å²) in [5.41, 5.74) is -0.468. The predicted molar refractivity (Wildman–Crippen MR) is 141 cm³/mol. The largest absolute Gasteiger partial charge is 0.358 e. The lowest BCUT2D eigenvalue weighted by Crippen LogP contribution is -2.40. The number of unbranched alkanes of at least 4 members (excludes halogenated alkanes) is 2. The molecule has 0 aromatic carbocycles. The molecular formula is C20H46O4S3Si2. The van der Waals surface area contributed by atoms with Gasteiger partial charge >= 0.3 is 0 Å². The summed E-state index contributed by atoms with van der Waals surface area (Å²) < 4.78 is 23.0. The van der Waals surface area contributed by atoms with Crippen LogP contribution in [0.25, 0.3) is 0 Å². The first-order valence-corrected chi connectivity index (χ1v) is 18.4. The summed E-state index contributed by atoms with van der Waals surface area (Å²) in [7, 11) is 12.5. The van der Waals surface area contributed by atoms with Gasteiger partial charge in [-0.15, -0.1) is 0 Å². The van der Waals surface area contributed by atoms with Crippen LogP contribution < -0.4 is 0 Å². The second-order valence-electron chi connectivity index (χ2n) is 7.47. The van der Waals surface area contributed by atoms with Crippen molar-refractivity contribution in [3.8, 4) is 0 Å². The van der Waals surface area contributed by atoms with Gasteiger partial charge in [0.25, 0.3) is 0 Å². The summed E-state index contributed by atoms with van der Waals surface area (Å²) in [6, 6.07) is 2.58. The number of rotatable bonds is 22. The Kier molecular flexibility index (Phi) is 20.9. The quantitative estimate of drug-likeness (QED) is 0.0866. The van der Waals surface area contributed by atoms with Crippen LogP contribution in [0.2, 0.25) is 12.1 Å². The Morgan fingerprint density at radius 1 is 0.621 bits per heavy atom. The minimum Gasteiger partial charge on any atom is -0.358 e. The lowest BCUT2D eigenvalue weighted by Gasteiger charge is -2.31. The van der Waals surface area contributed by atoms with Gasteiger partial charge in [0, 0.05) is 39.9 Å². The molecule has 0 atom stereocenters. The molecule has 0 aromatic rings. The van der Waals surface area contributed by atoms with E-state index in [2.05, 4.69) is 13.8 Å². The van der Waals surface area contributed by atoms with Gasteiger partial charge in [-0.3, -0.25) is 0 Å². The fourth-order valence-corrected chi connectivity index (χ4v) is 10.9. The molecule has 0 aliphatic carbocycles. The van der Waals surface area contributed by atoms with Gasteiger partial charge in [0.2, 0.25) is 0 Å². The first-order chi connectivity index (χ1) is 14.1. The Labute approximate surface area is 196 Å². The molecule has 0 saturated heterocycles. The van der Waals surface area contributed by atoms with Crippen molar-refractivity contribution in [1.29, 1.82) is 0 Å². The maximum absolute atomic E-state index is 5.74. The van der Waals surface area contributed by atoms with E-state index in [0.29, 0.717) is 0 Å². The van der Waals surface area contributed by atoms with Gasteiger partial charge in [-0.25, -0.2) is 0 Å². The van der Waals surface area contributed by atoms with E-state index in [1.165, 1.54) is 62.1 Å². The molecule has 0 saturated carbocycles. The molecule has 0 heterocycles. The fourth-order valence-electron chi connectivity index (χ4n) is 3.34. The van der Waals surface area contributed by atoms with Crippen molar-refractivity contribution in [3.05, 3.63) is 0 Å². The van der Waals surface area contributed by atoms with Crippen LogP contribution in [-0.4, -0.2) is 69.8 Å². The van der Waals surface area contributed by atoms with Gasteiger partial charge in [-0.1, -0.05) is 60.4 Å². The van der Waals surface area contributed by atoms with Crippen LogP contribution >= 0.6 is 31.4 Å². The Bertz CT molecular complexity index is 329. The molecule has 9 heteroatoms. The van der Waals surface area contributed by atoms with Crippen LogP contribution in [0.4, 0.5) is 0 Å². The molecule has 0 aliphatic rings. The summed E-state index contributed by atoms with van der Waals surface area (Å²) in [5.74, 6) is 2.41. The summed E-state index contributed by atoms with van der Waals surface area (Å²) in [6.45, 7) is 4.49. The molecule has 0 N–H and O–H groups in total. The highest BCUT2D eigenvalue weighted by molar-refractivity contribution is 9.09. The molecule has 29 heavy (non-hydrogen) atoms. The third kappa shape index (κ3) is 14.2. The molecular weight excluding hydrogens is 457 g/mol. The summed E-state index contributed by atoms with van der Waals surface area (Å²) in [4.78, 5) is 0. The molecule has 0 radical (unpaired) electrons. The Hall–Kier alpha value is 1.32. The van der Waals surface area contributed by atoms with Crippen molar-refractivity contribution in [2.45, 2.75) is 88.1 Å². The number of hydrogen-bond donors (Lipinski definition) is 0. The van der Waals surface area contributed by atoms with Crippen molar-refractivity contribution < 1.29 is 18.9 Å². The Morgan fingerprint density at radius 3 is 1.31 bits per heavy atom. The molecule has 0 fully saturated rings. The van der Waals surface area contributed by atoms with E-state index in [9.17, 15) is 0 Å². The smallest absolute Gasteiger partial charge is 0.144 e. The first-order valence-electron chi connectivity index (χ1n) is 11.2. The van der Waals surface area contributed by atoms with Crippen molar-refractivity contribution in [2.24, 2.45) is 0 Å². The third-order valence-corrected chi connectivity index (χ3v) is 15.4. The van der Waals surface area contributed by atoms with E-state index < -0.39 is 0 Å². The maximum atomic E-state index is 5.74. The highest BCUT2D eigenvalue weighted by Gasteiger charge is 2.29. The van der Waals surface area contributed by atoms with E-state index in [-0.39, 0.29) is 29.9 Å². The summed E-state index contributed by atoms with van der Waals surface area (Å²) in [5, 5.41) is 0. The van der Waals surface area contributed by atoms with Gasteiger partial charge in [0.1, 0.15) is 10.8 Å². The van der Waals surface area contributed by atoms with E-state index in [0.717, 1.165) is 12.8 Å². The molecule has 0 amide bonds. The zero-order valence-corrected chi connectivity index (χ0v) is 25.0. The number of methoxy groups -OCH3 is 4. The molecule has 0 unspecified atom stereocenters. The van der Waals surface area contributed by atoms with E-state index in [1.54, 1.807) is 0 Å². The van der Waals surface area contributed by atoms with Gasteiger partial charge < -0.3 is 18.9 Å². The van der Waals surface area contributed by atoms with Gasteiger partial charge in [0.05, 0.1) is 19.0 Å². The van der Waals surface area contributed by atoms with E-state index >= 15 is 0 Å². The maximum Gasteiger partial charge on any atom is 0.144 e. The van der Waals surface area contributed by atoms with Crippen LogP contribution in [0.5, 0.6) is 0 Å². The summed E-state index contributed by atoms with van der Waals surface area (Å²) in [6.07, 6.45) is 9.42. The van der Waals surface area contributed by atoms with Crippen LogP contribution in [0.1, 0.15) is 65.2 Å². The highest BCUT2D eigenvalue weighted by Crippen LogP contribution is 2.36. The zero-order valence-electron chi connectivity index (χ0n) is 19.8. The van der Waals surface area contributed by atoms with Crippen LogP contribution in [0.3, 0.4) is 0 Å². The topological polar surface area (TPSA) is 36.9 Å². The number of hydrogen-bond acceptors (Lipinski definition) is 7. The monoisotopic (exact) mass is 502 g/mol. The zero-order chi connectivity index (χ0) is 21.8. The average molecular weight is 503 g/mol. The minimum absolute atomic E-state index is 0.234. The minimum atomic E-state index is -0.333. The molecule has 4 nitrogen and oxygen atoms in total. The van der Waals surface area contributed by atoms with Crippen molar-refractivity contribution >= 4 is 50.5 Å². The summed E-state index contributed by atoms with van der Waals surface area (Å²) >= 11 is 0. The normalized spacial score (nSPS) is 13.4. The molecule has 0 aromatic heterocycles. The lowest BCUT2D eigenvalue weighted by molar-refractivity contribution is -0.149. The second-order valence-corrected chi connectivity index (χ2v) is 16.5. The van der Waals surface area contributed by atoms with Gasteiger partial charge in [-0.05, 0) is 48.4 Å². The lowest BCUT2D eigenvalue weighted by atomic mass is 10.2. The first kappa shape index (κ1) is 30.3. The molecule has 176 valence electrons. The average Bonchev–Trinajstić information content (AvgIpc) is 2.76. The molecule has 0 spiro atoms. The van der Waals surface area contributed by atoms with Crippen LogP contribution in [0.15, 0.2) is 0 Å². The van der Waals surface area contributed by atoms with Crippen molar-refractivity contribution in [2.75, 3.05) is 39.9 Å². The Balaban J connectivity index is 3.72. The standard InChI is InChI=1S/C20H46O4S3Si2/c1-7-17-28-19(21-3,22-4)13-9-11-15-25-27-26-16-12-10-14-20(23-5,24-6)29-18-8-2/h7-18,28-29H2,1-6H3. The van der Waals surface area contributed by atoms with Crippen molar-refractivity contribution in [3.63, 3.8) is 0 Å². The Morgan fingerprint density at radius 2 is 1.00 bits per heavy atom. The highest BCUT2D eigenvalue weighted by atomic mass is 33.5. The van der Waals surface area contributed by atoms with E-state index in [4.69, 9.17) is 18.9 Å². The van der Waals surface area contributed by atoms with Crippen LogP contribution in [-0.2, 0) is 18.9 Å². The molecule has 0 bridgehead atoms. The fraction of sp³-hybridized carbons (Fsp3) is 1.00. The molecule has 0 aliphatic heterocycles.